The van der Waals surface area contributed by atoms with Gasteiger partial charge in [0, 0.05) is 0 Å². The molecule has 1 atom stereocenters. The molecule has 0 saturated carbocycles. The van der Waals surface area contributed by atoms with Crippen molar-refractivity contribution < 1.29 is 4.39 Å². The van der Waals surface area contributed by atoms with E-state index in [4.69, 9.17) is 5.73 Å². The Morgan fingerprint density at radius 2 is 2.31 bits per heavy atom. The number of halogens is 1. The quantitative estimate of drug-likeness (QED) is 0.823. The average Bonchev–Trinajstić information content (AvgIpc) is 2.76. The SMILES string of the molecule is Cc1ccc(F)cc1CC(N)c1cn[nH]n1. The lowest BCUT2D eigenvalue weighted by molar-refractivity contribution is 0.619. The fourth-order valence-electron chi connectivity index (χ4n) is 1.59. The van der Waals surface area contributed by atoms with E-state index in [1.165, 1.54) is 12.1 Å². The third kappa shape index (κ3) is 2.25. The first-order chi connectivity index (χ1) is 7.66. The average molecular weight is 220 g/mol. The molecule has 0 fully saturated rings. The van der Waals surface area contributed by atoms with Gasteiger partial charge in [-0.15, -0.1) is 0 Å². The Morgan fingerprint density at radius 1 is 1.50 bits per heavy atom. The van der Waals surface area contributed by atoms with Crippen LogP contribution in [0.3, 0.4) is 0 Å². The number of benzene rings is 1. The van der Waals surface area contributed by atoms with Gasteiger partial charge in [0.2, 0.25) is 0 Å². The van der Waals surface area contributed by atoms with Crippen molar-refractivity contribution in [3.63, 3.8) is 0 Å². The summed E-state index contributed by atoms with van der Waals surface area (Å²) < 4.78 is 13.1. The number of nitrogens with two attached hydrogens (primary N) is 1. The van der Waals surface area contributed by atoms with E-state index in [-0.39, 0.29) is 11.9 Å². The summed E-state index contributed by atoms with van der Waals surface area (Å²) in [4.78, 5) is 0. The Bertz CT molecular complexity index is 467. The van der Waals surface area contributed by atoms with Gasteiger partial charge in [0.25, 0.3) is 0 Å². The van der Waals surface area contributed by atoms with E-state index >= 15 is 0 Å². The van der Waals surface area contributed by atoms with E-state index in [1.807, 2.05) is 6.92 Å². The summed E-state index contributed by atoms with van der Waals surface area (Å²) in [7, 11) is 0. The Morgan fingerprint density at radius 3 is 3.00 bits per heavy atom. The number of H-pyrrole nitrogens is 1. The number of nitrogens with zero attached hydrogens (tertiary/aromatic N) is 2. The Kier molecular flexibility index (Phi) is 2.96. The highest BCUT2D eigenvalue weighted by molar-refractivity contribution is 5.28. The Hall–Kier alpha value is -1.75. The van der Waals surface area contributed by atoms with Gasteiger partial charge < -0.3 is 5.73 Å². The van der Waals surface area contributed by atoms with Crippen LogP contribution >= 0.6 is 0 Å². The molecule has 1 aromatic heterocycles. The molecular formula is C11H13FN4. The van der Waals surface area contributed by atoms with Crippen molar-refractivity contribution in [3.8, 4) is 0 Å². The van der Waals surface area contributed by atoms with Crippen molar-refractivity contribution in [2.45, 2.75) is 19.4 Å². The summed E-state index contributed by atoms with van der Waals surface area (Å²) in [5, 5.41) is 10.1. The molecular weight excluding hydrogens is 207 g/mol. The van der Waals surface area contributed by atoms with Crippen molar-refractivity contribution in [1.29, 1.82) is 0 Å². The number of rotatable bonds is 3. The van der Waals surface area contributed by atoms with E-state index in [9.17, 15) is 4.39 Å². The Balaban J connectivity index is 2.17. The maximum absolute atomic E-state index is 13.1. The van der Waals surface area contributed by atoms with Gasteiger partial charge >= 0.3 is 0 Å². The standard InChI is InChI=1S/C11H13FN4/c1-7-2-3-9(12)4-8(7)5-10(13)11-6-14-16-15-11/h2-4,6,10H,5,13H2,1H3,(H,14,15,16). The van der Waals surface area contributed by atoms with Gasteiger partial charge in [-0.3, -0.25) is 0 Å². The van der Waals surface area contributed by atoms with Crippen molar-refractivity contribution in [1.82, 2.24) is 15.4 Å². The Labute approximate surface area is 92.7 Å². The van der Waals surface area contributed by atoms with E-state index in [2.05, 4.69) is 15.4 Å². The summed E-state index contributed by atoms with van der Waals surface area (Å²) in [5.74, 6) is -0.243. The number of aromatic amines is 1. The lowest BCUT2D eigenvalue weighted by atomic mass is 10.00. The van der Waals surface area contributed by atoms with Crippen molar-refractivity contribution in [2.75, 3.05) is 0 Å². The van der Waals surface area contributed by atoms with Crippen LogP contribution in [0.2, 0.25) is 0 Å². The van der Waals surface area contributed by atoms with Crippen LogP contribution in [0.5, 0.6) is 0 Å². The maximum Gasteiger partial charge on any atom is 0.123 e. The molecule has 0 spiro atoms. The molecule has 1 unspecified atom stereocenters. The van der Waals surface area contributed by atoms with Crippen molar-refractivity contribution >= 4 is 0 Å². The van der Waals surface area contributed by atoms with E-state index in [1.54, 1.807) is 12.3 Å². The minimum absolute atomic E-state index is 0.243. The molecule has 2 aromatic rings. The lowest BCUT2D eigenvalue weighted by Gasteiger charge is -2.10. The van der Waals surface area contributed by atoms with Crippen LogP contribution in [0.25, 0.3) is 0 Å². The first-order valence-corrected chi connectivity index (χ1v) is 5.03. The predicted molar refractivity (Wildman–Crippen MR) is 58.2 cm³/mol. The van der Waals surface area contributed by atoms with Crippen LogP contribution in [0.4, 0.5) is 4.39 Å². The number of nitrogens with one attached hydrogen (secondary N) is 1. The van der Waals surface area contributed by atoms with E-state index in [0.29, 0.717) is 12.1 Å². The molecule has 0 aliphatic rings. The van der Waals surface area contributed by atoms with Crippen molar-refractivity contribution in [2.24, 2.45) is 5.73 Å². The largest absolute Gasteiger partial charge is 0.322 e. The molecule has 5 heteroatoms. The highest BCUT2D eigenvalue weighted by atomic mass is 19.1. The van der Waals surface area contributed by atoms with Crippen LogP contribution in [0.1, 0.15) is 22.9 Å². The van der Waals surface area contributed by atoms with Crippen LogP contribution < -0.4 is 5.73 Å². The van der Waals surface area contributed by atoms with Gasteiger partial charge in [-0.25, -0.2) is 4.39 Å². The highest BCUT2D eigenvalue weighted by Crippen LogP contribution is 2.17. The fraction of sp³-hybridized carbons (Fsp3) is 0.273. The lowest BCUT2D eigenvalue weighted by Crippen LogP contribution is -2.14. The molecule has 0 radical (unpaired) electrons. The molecule has 1 aromatic carbocycles. The van der Waals surface area contributed by atoms with Gasteiger partial charge in [-0.1, -0.05) is 6.07 Å². The van der Waals surface area contributed by atoms with Crippen LogP contribution in [-0.2, 0) is 6.42 Å². The number of hydrogen-bond acceptors (Lipinski definition) is 3. The first-order valence-electron chi connectivity index (χ1n) is 5.03. The fourth-order valence-corrected chi connectivity index (χ4v) is 1.59. The zero-order chi connectivity index (χ0) is 11.5. The second kappa shape index (κ2) is 4.40. The first kappa shape index (κ1) is 10.8. The summed E-state index contributed by atoms with van der Waals surface area (Å²) in [6.07, 6.45) is 2.13. The van der Waals surface area contributed by atoms with Gasteiger partial charge in [0.1, 0.15) is 5.82 Å². The maximum atomic E-state index is 13.1. The van der Waals surface area contributed by atoms with Crippen LogP contribution in [0, 0.1) is 12.7 Å². The zero-order valence-corrected chi connectivity index (χ0v) is 8.94. The van der Waals surface area contributed by atoms with Gasteiger partial charge in [-0.05, 0) is 36.6 Å². The second-order valence-corrected chi connectivity index (χ2v) is 3.78. The smallest absolute Gasteiger partial charge is 0.123 e. The summed E-state index contributed by atoms with van der Waals surface area (Å²) in [6.45, 7) is 1.93. The topological polar surface area (TPSA) is 67.6 Å². The molecule has 1 heterocycles. The zero-order valence-electron chi connectivity index (χ0n) is 8.94. The molecule has 2 rings (SSSR count). The molecule has 0 aliphatic heterocycles. The van der Waals surface area contributed by atoms with Crippen LogP contribution in [0.15, 0.2) is 24.4 Å². The molecule has 84 valence electrons. The van der Waals surface area contributed by atoms with Gasteiger partial charge in [-0.2, -0.15) is 15.4 Å². The third-order valence-corrected chi connectivity index (χ3v) is 2.56. The summed E-state index contributed by atoms with van der Waals surface area (Å²) >= 11 is 0. The number of hydrogen-bond donors (Lipinski definition) is 2. The third-order valence-electron chi connectivity index (χ3n) is 2.56. The number of aromatic nitrogens is 3. The molecule has 4 nitrogen and oxygen atoms in total. The highest BCUT2D eigenvalue weighted by Gasteiger charge is 2.11. The second-order valence-electron chi connectivity index (χ2n) is 3.78. The van der Waals surface area contributed by atoms with Gasteiger partial charge in [0.05, 0.1) is 17.9 Å². The molecule has 0 amide bonds. The van der Waals surface area contributed by atoms with Crippen LogP contribution in [-0.4, -0.2) is 15.4 Å². The summed E-state index contributed by atoms with van der Waals surface area (Å²) in [5.41, 5.74) is 8.56. The summed E-state index contributed by atoms with van der Waals surface area (Å²) in [6, 6.07) is 4.44. The normalized spacial score (nSPS) is 12.7. The van der Waals surface area contributed by atoms with E-state index in [0.717, 1.165) is 11.1 Å². The van der Waals surface area contributed by atoms with Gasteiger partial charge in [0.15, 0.2) is 0 Å². The molecule has 16 heavy (non-hydrogen) atoms. The van der Waals surface area contributed by atoms with Crippen molar-refractivity contribution in [3.05, 3.63) is 47.0 Å². The molecule has 0 bridgehead atoms. The minimum Gasteiger partial charge on any atom is -0.322 e. The predicted octanol–water partition coefficient (Wildman–Crippen LogP) is 1.49. The van der Waals surface area contributed by atoms with E-state index < -0.39 is 0 Å². The molecule has 0 saturated heterocycles. The minimum atomic E-state index is -0.265. The monoisotopic (exact) mass is 220 g/mol. The number of aryl methyl sites for hydroxylation is 1. The molecule has 3 N–H and O–H groups in total. The molecule has 0 aliphatic carbocycles.